The molecule has 142 valence electrons. The smallest absolute Gasteiger partial charge is 0.462 e. The van der Waals surface area contributed by atoms with Gasteiger partial charge in [-0.3, -0.25) is 0 Å². The maximum atomic E-state index is 12.4. The number of rotatable bonds is 5. The van der Waals surface area contributed by atoms with Crippen molar-refractivity contribution in [1.29, 1.82) is 0 Å². The minimum absolute atomic E-state index is 0.121. The van der Waals surface area contributed by atoms with Crippen molar-refractivity contribution in [3.05, 3.63) is 59.7 Å². The first kappa shape index (κ1) is 19.0. The molecule has 0 atom stereocenters. The van der Waals surface area contributed by atoms with Gasteiger partial charge in [0.15, 0.2) is 0 Å². The van der Waals surface area contributed by atoms with Crippen LogP contribution in [0.3, 0.4) is 0 Å². The summed E-state index contributed by atoms with van der Waals surface area (Å²) in [5.74, 6) is 0.497. The highest BCUT2D eigenvalue weighted by Gasteiger charge is 2.22. The largest absolute Gasteiger partial charge is 0.519 e. The highest BCUT2D eigenvalue weighted by Crippen LogP contribution is 2.37. The second kappa shape index (κ2) is 9.21. The van der Waals surface area contributed by atoms with Crippen molar-refractivity contribution >= 4 is 12.1 Å². The van der Waals surface area contributed by atoms with Gasteiger partial charge in [0, 0.05) is 0 Å². The molecule has 0 N–H and O–H groups in total. The number of benzene rings is 2. The number of para-hydroxylation sites is 2. The Hall–Kier alpha value is -2.82. The predicted octanol–water partition coefficient (Wildman–Crippen LogP) is 5.49. The Morgan fingerprint density at radius 3 is 2.26 bits per heavy atom. The summed E-state index contributed by atoms with van der Waals surface area (Å²) in [6.07, 6.45) is 4.97. The molecule has 0 unspecified atom stereocenters. The fourth-order valence-corrected chi connectivity index (χ4v) is 3.46. The number of carbonyl (C=O) groups excluding carboxylic acids is 2. The molecule has 0 amide bonds. The average molecular weight is 368 g/mol. The molecule has 2 aromatic carbocycles. The SMILES string of the molecule is CCOC(=O)c1ccccc1OC(=O)Oc1ccccc1C1CCCCC1. The van der Waals surface area contributed by atoms with Gasteiger partial charge >= 0.3 is 12.1 Å². The summed E-state index contributed by atoms with van der Waals surface area (Å²) in [5.41, 5.74) is 1.23. The van der Waals surface area contributed by atoms with E-state index in [0.29, 0.717) is 11.7 Å². The molecule has 0 bridgehead atoms. The Morgan fingerprint density at radius 2 is 1.52 bits per heavy atom. The molecule has 5 heteroatoms. The van der Waals surface area contributed by atoms with Gasteiger partial charge in [-0.1, -0.05) is 49.6 Å². The Labute approximate surface area is 159 Å². The minimum atomic E-state index is -0.866. The third-order valence-electron chi connectivity index (χ3n) is 4.73. The molecule has 1 aliphatic carbocycles. The van der Waals surface area contributed by atoms with Gasteiger partial charge in [-0.2, -0.15) is 0 Å². The van der Waals surface area contributed by atoms with E-state index in [2.05, 4.69) is 0 Å². The summed E-state index contributed by atoms with van der Waals surface area (Å²) in [5, 5.41) is 0. The molecule has 0 saturated heterocycles. The van der Waals surface area contributed by atoms with Crippen LogP contribution in [0.15, 0.2) is 48.5 Å². The van der Waals surface area contributed by atoms with E-state index in [1.807, 2.05) is 18.2 Å². The Kier molecular flexibility index (Phi) is 6.47. The third kappa shape index (κ3) is 4.88. The van der Waals surface area contributed by atoms with Crippen LogP contribution in [0.4, 0.5) is 4.79 Å². The van der Waals surface area contributed by atoms with Crippen LogP contribution in [0.5, 0.6) is 11.5 Å². The molecule has 5 nitrogen and oxygen atoms in total. The standard InChI is InChI=1S/C22H24O5/c1-2-25-21(23)18-13-7-9-15-20(18)27-22(24)26-19-14-8-6-12-17(19)16-10-4-3-5-11-16/h6-9,12-16H,2-5,10-11H2,1H3. The summed E-state index contributed by atoms with van der Waals surface area (Å²) in [7, 11) is 0. The fourth-order valence-electron chi connectivity index (χ4n) is 3.46. The molecule has 0 heterocycles. The molecular formula is C22H24O5. The van der Waals surface area contributed by atoms with E-state index in [1.54, 1.807) is 37.3 Å². The molecule has 0 radical (unpaired) electrons. The lowest BCUT2D eigenvalue weighted by molar-refractivity contribution is 0.0522. The van der Waals surface area contributed by atoms with Crippen molar-refractivity contribution < 1.29 is 23.8 Å². The normalized spacial score (nSPS) is 14.4. The summed E-state index contributed by atoms with van der Waals surface area (Å²) < 4.78 is 15.8. The van der Waals surface area contributed by atoms with Crippen LogP contribution in [0.1, 0.15) is 60.9 Å². The first-order chi connectivity index (χ1) is 13.2. The van der Waals surface area contributed by atoms with Crippen molar-refractivity contribution in [2.45, 2.75) is 44.9 Å². The molecule has 1 saturated carbocycles. The highest BCUT2D eigenvalue weighted by atomic mass is 16.7. The Morgan fingerprint density at radius 1 is 0.889 bits per heavy atom. The van der Waals surface area contributed by atoms with Crippen LogP contribution in [-0.2, 0) is 4.74 Å². The van der Waals surface area contributed by atoms with Crippen molar-refractivity contribution in [3.63, 3.8) is 0 Å². The summed E-state index contributed by atoms with van der Waals surface area (Å²) in [6.45, 7) is 1.96. The fraction of sp³-hybridized carbons (Fsp3) is 0.364. The number of hydrogen-bond acceptors (Lipinski definition) is 5. The van der Waals surface area contributed by atoms with E-state index in [1.165, 1.54) is 19.3 Å². The molecule has 3 rings (SSSR count). The van der Waals surface area contributed by atoms with Crippen molar-refractivity contribution in [1.82, 2.24) is 0 Å². The van der Waals surface area contributed by atoms with E-state index in [0.717, 1.165) is 18.4 Å². The molecule has 0 spiro atoms. The maximum Gasteiger partial charge on any atom is 0.519 e. The van der Waals surface area contributed by atoms with Crippen LogP contribution < -0.4 is 9.47 Å². The quantitative estimate of drug-likeness (QED) is 0.516. The second-order valence-corrected chi connectivity index (χ2v) is 6.54. The lowest BCUT2D eigenvalue weighted by atomic mass is 9.84. The lowest BCUT2D eigenvalue weighted by Crippen LogP contribution is -2.18. The van der Waals surface area contributed by atoms with Crippen LogP contribution in [0.25, 0.3) is 0 Å². The highest BCUT2D eigenvalue weighted by molar-refractivity contribution is 5.93. The average Bonchev–Trinajstić information content (AvgIpc) is 2.69. The van der Waals surface area contributed by atoms with Gasteiger partial charge in [0.2, 0.25) is 0 Å². The molecule has 2 aromatic rings. The second-order valence-electron chi connectivity index (χ2n) is 6.54. The van der Waals surface area contributed by atoms with E-state index in [-0.39, 0.29) is 17.9 Å². The number of esters is 1. The molecular weight excluding hydrogens is 344 g/mol. The van der Waals surface area contributed by atoms with E-state index in [9.17, 15) is 9.59 Å². The van der Waals surface area contributed by atoms with Crippen LogP contribution in [0.2, 0.25) is 0 Å². The zero-order valence-electron chi connectivity index (χ0n) is 15.5. The van der Waals surface area contributed by atoms with Gasteiger partial charge in [0.25, 0.3) is 0 Å². The van der Waals surface area contributed by atoms with Gasteiger partial charge in [0.05, 0.1) is 6.61 Å². The van der Waals surface area contributed by atoms with E-state index >= 15 is 0 Å². The lowest BCUT2D eigenvalue weighted by Gasteiger charge is -2.23. The molecule has 0 aromatic heterocycles. The van der Waals surface area contributed by atoms with Gasteiger partial charge in [-0.05, 0) is 49.4 Å². The summed E-state index contributed by atoms with van der Waals surface area (Å²) in [6, 6.07) is 14.0. The third-order valence-corrected chi connectivity index (χ3v) is 4.73. The van der Waals surface area contributed by atoms with Crippen molar-refractivity contribution in [3.8, 4) is 11.5 Å². The zero-order chi connectivity index (χ0) is 19.1. The molecule has 1 aliphatic rings. The number of carbonyl (C=O) groups is 2. The topological polar surface area (TPSA) is 61.8 Å². The predicted molar refractivity (Wildman–Crippen MR) is 101 cm³/mol. The number of hydrogen-bond donors (Lipinski definition) is 0. The van der Waals surface area contributed by atoms with E-state index in [4.69, 9.17) is 14.2 Å². The Balaban J connectivity index is 1.73. The van der Waals surface area contributed by atoms with E-state index < -0.39 is 12.1 Å². The zero-order valence-corrected chi connectivity index (χ0v) is 15.5. The maximum absolute atomic E-state index is 12.4. The van der Waals surface area contributed by atoms with Gasteiger partial charge < -0.3 is 14.2 Å². The summed E-state index contributed by atoms with van der Waals surface area (Å²) in [4.78, 5) is 24.4. The molecule has 27 heavy (non-hydrogen) atoms. The molecule has 0 aliphatic heterocycles. The minimum Gasteiger partial charge on any atom is -0.462 e. The van der Waals surface area contributed by atoms with Gasteiger partial charge in [0.1, 0.15) is 17.1 Å². The van der Waals surface area contributed by atoms with Crippen LogP contribution in [-0.4, -0.2) is 18.7 Å². The van der Waals surface area contributed by atoms with Crippen molar-refractivity contribution in [2.75, 3.05) is 6.61 Å². The van der Waals surface area contributed by atoms with Crippen LogP contribution in [0, 0.1) is 0 Å². The first-order valence-corrected chi connectivity index (χ1v) is 9.43. The number of ether oxygens (including phenoxy) is 3. The van der Waals surface area contributed by atoms with Crippen molar-refractivity contribution in [2.24, 2.45) is 0 Å². The summed E-state index contributed by atoms with van der Waals surface area (Å²) >= 11 is 0. The molecule has 1 fully saturated rings. The van der Waals surface area contributed by atoms with Crippen LogP contribution >= 0.6 is 0 Å². The Bertz CT molecular complexity index is 793. The monoisotopic (exact) mass is 368 g/mol. The van der Waals surface area contributed by atoms with Gasteiger partial charge in [-0.15, -0.1) is 0 Å². The van der Waals surface area contributed by atoms with Gasteiger partial charge in [-0.25, -0.2) is 9.59 Å². The first-order valence-electron chi connectivity index (χ1n) is 9.43.